The maximum atomic E-state index is 5.31. The van der Waals surface area contributed by atoms with Crippen molar-refractivity contribution in [2.24, 2.45) is 7.05 Å². The molecule has 0 unspecified atom stereocenters. The molecule has 0 saturated carbocycles. The average molecular weight is 275 g/mol. The summed E-state index contributed by atoms with van der Waals surface area (Å²) in [4.78, 5) is 8.74. The monoisotopic (exact) mass is 275 g/mol. The molecule has 0 aromatic carbocycles. The Kier molecular flexibility index (Phi) is 4.68. The molecule has 0 spiro atoms. The molecule has 0 saturated heterocycles. The van der Waals surface area contributed by atoms with Gasteiger partial charge in [-0.2, -0.15) is 5.10 Å². The Labute approximate surface area is 119 Å². The van der Waals surface area contributed by atoms with Gasteiger partial charge in [-0.05, 0) is 19.4 Å². The van der Waals surface area contributed by atoms with E-state index in [4.69, 9.17) is 4.74 Å². The van der Waals surface area contributed by atoms with Crippen molar-refractivity contribution in [1.82, 2.24) is 19.7 Å². The smallest absolute Gasteiger partial charge is 0.133 e. The zero-order chi connectivity index (χ0) is 14.5. The lowest BCUT2D eigenvalue weighted by Crippen LogP contribution is -2.21. The van der Waals surface area contributed by atoms with Gasteiger partial charge in [-0.1, -0.05) is 6.92 Å². The molecule has 2 rings (SSSR count). The van der Waals surface area contributed by atoms with Crippen LogP contribution < -0.4 is 5.32 Å². The van der Waals surface area contributed by atoms with Crippen LogP contribution in [-0.4, -0.2) is 33.5 Å². The topological polar surface area (TPSA) is 64.9 Å². The fourth-order valence-corrected chi connectivity index (χ4v) is 2.14. The molecule has 20 heavy (non-hydrogen) atoms. The highest BCUT2D eigenvalue weighted by Crippen LogP contribution is 2.21. The molecule has 0 bridgehead atoms. The minimum absolute atomic E-state index is 0.00657. The lowest BCUT2D eigenvalue weighted by atomic mass is 10.2. The fourth-order valence-electron chi connectivity index (χ4n) is 2.14. The van der Waals surface area contributed by atoms with Gasteiger partial charge in [-0.15, -0.1) is 0 Å². The van der Waals surface area contributed by atoms with E-state index >= 15 is 0 Å². The molecule has 0 aliphatic heterocycles. The Bertz CT molecular complexity index is 566. The van der Waals surface area contributed by atoms with Gasteiger partial charge in [-0.25, -0.2) is 9.97 Å². The Morgan fingerprint density at radius 2 is 2.25 bits per heavy atom. The summed E-state index contributed by atoms with van der Waals surface area (Å²) in [5.41, 5.74) is 2.16. The Hall–Kier alpha value is -1.95. The molecular formula is C14H21N5O. The van der Waals surface area contributed by atoms with Crippen LogP contribution in [0.3, 0.4) is 0 Å². The van der Waals surface area contributed by atoms with Gasteiger partial charge >= 0.3 is 0 Å². The number of methoxy groups -OCH3 is 1. The van der Waals surface area contributed by atoms with Crippen molar-refractivity contribution in [3.8, 4) is 0 Å². The van der Waals surface area contributed by atoms with E-state index in [0.717, 1.165) is 29.3 Å². The second-order valence-electron chi connectivity index (χ2n) is 4.68. The van der Waals surface area contributed by atoms with Gasteiger partial charge in [0.15, 0.2) is 0 Å². The normalized spacial score (nSPS) is 12.4. The van der Waals surface area contributed by atoms with E-state index in [1.165, 1.54) is 0 Å². The molecule has 0 aliphatic rings. The van der Waals surface area contributed by atoms with Gasteiger partial charge in [-0.3, -0.25) is 4.68 Å². The molecule has 6 nitrogen and oxygen atoms in total. The van der Waals surface area contributed by atoms with Gasteiger partial charge in [0.1, 0.15) is 11.6 Å². The Balaban J connectivity index is 2.29. The minimum atomic E-state index is 0.00657. The highest BCUT2D eigenvalue weighted by molar-refractivity contribution is 5.45. The number of aryl methyl sites for hydroxylation is 3. The molecule has 1 atom stereocenters. The molecule has 2 aromatic rings. The van der Waals surface area contributed by atoms with E-state index in [2.05, 4.69) is 27.3 Å². The van der Waals surface area contributed by atoms with Crippen LogP contribution >= 0.6 is 0 Å². The van der Waals surface area contributed by atoms with Crippen molar-refractivity contribution in [1.29, 1.82) is 0 Å². The molecule has 0 aliphatic carbocycles. The predicted octanol–water partition coefficient (Wildman–Crippen LogP) is 1.88. The number of hydrogen-bond acceptors (Lipinski definition) is 5. The van der Waals surface area contributed by atoms with Crippen molar-refractivity contribution in [2.45, 2.75) is 26.3 Å². The summed E-state index contributed by atoms with van der Waals surface area (Å²) in [5.74, 6) is 1.62. The third-order valence-corrected chi connectivity index (χ3v) is 3.23. The first-order valence-electron chi connectivity index (χ1n) is 6.71. The Morgan fingerprint density at radius 1 is 1.45 bits per heavy atom. The largest absolute Gasteiger partial charge is 0.382 e. The summed E-state index contributed by atoms with van der Waals surface area (Å²) in [6.45, 7) is 4.53. The summed E-state index contributed by atoms with van der Waals surface area (Å²) in [6.07, 6.45) is 4.54. The second kappa shape index (κ2) is 6.47. The van der Waals surface area contributed by atoms with Crippen molar-refractivity contribution >= 4 is 5.82 Å². The summed E-state index contributed by atoms with van der Waals surface area (Å²) in [6, 6.07) is 1.99. The van der Waals surface area contributed by atoms with Crippen LogP contribution in [0.25, 0.3) is 0 Å². The first-order valence-corrected chi connectivity index (χ1v) is 6.71. The van der Waals surface area contributed by atoms with E-state index in [1.807, 2.05) is 30.9 Å². The van der Waals surface area contributed by atoms with Gasteiger partial charge < -0.3 is 10.1 Å². The number of hydrogen-bond donors (Lipinski definition) is 1. The quantitative estimate of drug-likeness (QED) is 0.872. The molecule has 0 amide bonds. The average Bonchev–Trinajstić information content (AvgIpc) is 2.85. The van der Waals surface area contributed by atoms with E-state index in [9.17, 15) is 0 Å². The number of nitrogens with one attached hydrogen (secondary N) is 1. The van der Waals surface area contributed by atoms with Gasteiger partial charge in [0.25, 0.3) is 0 Å². The zero-order valence-electron chi connectivity index (χ0n) is 12.4. The van der Waals surface area contributed by atoms with Gasteiger partial charge in [0.2, 0.25) is 0 Å². The third kappa shape index (κ3) is 3.14. The number of aromatic nitrogens is 4. The molecule has 0 fully saturated rings. The maximum absolute atomic E-state index is 5.31. The lowest BCUT2D eigenvalue weighted by Gasteiger charge is -2.20. The molecule has 108 valence electrons. The maximum Gasteiger partial charge on any atom is 0.133 e. The summed E-state index contributed by atoms with van der Waals surface area (Å²) < 4.78 is 7.16. The van der Waals surface area contributed by atoms with E-state index < -0.39 is 0 Å². The van der Waals surface area contributed by atoms with Gasteiger partial charge in [0, 0.05) is 32.1 Å². The van der Waals surface area contributed by atoms with Crippen LogP contribution in [0.2, 0.25) is 0 Å². The zero-order valence-corrected chi connectivity index (χ0v) is 12.4. The first kappa shape index (κ1) is 14.5. The van der Waals surface area contributed by atoms with Crippen molar-refractivity contribution in [3.63, 3.8) is 0 Å². The van der Waals surface area contributed by atoms with E-state index in [0.29, 0.717) is 6.61 Å². The molecule has 2 heterocycles. The fraction of sp³-hybridized carbons (Fsp3) is 0.500. The van der Waals surface area contributed by atoms with Crippen LogP contribution in [-0.2, 0) is 18.2 Å². The Morgan fingerprint density at radius 3 is 2.85 bits per heavy atom. The van der Waals surface area contributed by atoms with Crippen molar-refractivity contribution < 1.29 is 4.74 Å². The first-order chi connectivity index (χ1) is 9.65. The highest BCUT2D eigenvalue weighted by atomic mass is 16.5. The van der Waals surface area contributed by atoms with Crippen LogP contribution in [0, 0.1) is 6.92 Å². The SMILES string of the molecule is CCc1cnc(C)nc1N[C@H](COC)c1ccnn1C. The number of nitrogens with zero attached hydrogens (tertiary/aromatic N) is 4. The number of rotatable bonds is 6. The highest BCUT2D eigenvalue weighted by Gasteiger charge is 2.17. The molecular weight excluding hydrogens is 254 g/mol. The van der Waals surface area contributed by atoms with Crippen LogP contribution in [0.15, 0.2) is 18.5 Å². The van der Waals surface area contributed by atoms with E-state index in [-0.39, 0.29) is 6.04 Å². The van der Waals surface area contributed by atoms with E-state index in [1.54, 1.807) is 13.3 Å². The summed E-state index contributed by atoms with van der Waals surface area (Å²) in [5, 5.41) is 7.66. The number of anilines is 1. The molecule has 1 N–H and O–H groups in total. The standard InChI is InChI=1S/C14H21N5O/c1-5-11-8-15-10(2)17-14(11)18-12(9-20-4)13-6-7-16-19(13)3/h6-8,12H,5,9H2,1-4H3,(H,15,17,18)/t12-/m1/s1. The third-order valence-electron chi connectivity index (χ3n) is 3.23. The van der Waals surface area contributed by atoms with Crippen LogP contribution in [0.4, 0.5) is 5.82 Å². The van der Waals surface area contributed by atoms with Gasteiger partial charge in [0.05, 0.1) is 18.3 Å². The van der Waals surface area contributed by atoms with Crippen molar-refractivity contribution in [2.75, 3.05) is 19.0 Å². The summed E-state index contributed by atoms with van der Waals surface area (Å²) >= 11 is 0. The van der Waals surface area contributed by atoms with Crippen molar-refractivity contribution in [3.05, 3.63) is 35.5 Å². The number of ether oxygens (including phenoxy) is 1. The summed E-state index contributed by atoms with van der Waals surface area (Å²) in [7, 11) is 3.61. The lowest BCUT2D eigenvalue weighted by molar-refractivity contribution is 0.184. The second-order valence-corrected chi connectivity index (χ2v) is 4.68. The molecule has 6 heteroatoms. The van der Waals surface area contributed by atoms with Crippen LogP contribution in [0.1, 0.15) is 30.0 Å². The molecule has 0 radical (unpaired) electrons. The minimum Gasteiger partial charge on any atom is -0.382 e. The predicted molar refractivity (Wildman–Crippen MR) is 77.6 cm³/mol. The molecule has 2 aromatic heterocycles. The van der Waals surface area contributed by atoms with Crippen LogP contribution in [0.5, 0.6) is 0 Å².